The number of benzene rings is 1. The van der Waals surface area contributed by atoms with Gasteiger partial charge >= 0.3 is 0 Å². The minimum absolute atomic E-state index is 0.263. The molecule has 0 bridgehead atoms. The molecule has 0 aliphatic heterocycles. The van der Waals surface area contributed by atoms with Crippen LogP contribution in [-0.2, 0) is 9.47 Å². The number of fused-ring (bicyclic) bond motifs is 1. The van der Waals surface area contributed by atoms with Crippen LogP contribution < -0.4 is 0 Å². The molecule has 1 aromatic heterocycles. The van der Waals surface area contributed by atoms with Crippen molar-refractivity contribution in [3.63, 3.8) is 0 Å². The molecule has 1 heterocycles. The van der Waals surface area contributed by atoms with E-state index in [-0.39, 0.29) is 6.29 Å². The van der Waals surface area contributed by atoms with E-state index in [4.69, 9.17) is 9.47 Å². The van der Waals surface area contributed by atoms with Crippen molar-refractivity contribution in [1.82, 2.24) is 4.98 Å². The van der Waals surface area contributed by atoms with Crippen molar-refractivity contribution in [3.05, 3.63) is 34.4 Å². The van der Waals surface area contributed by atoms with Crippen LogP contribution >= 0.6 is 15.9 Å². The number of H-pyrrole nitrogens is 1. The van der Waals surface area contributed by atoms with E-state index < -0.39 is 0 Å². The van der Waals surface area contributed by atoms with Gasteiger partial charge in [-0.2, -0.15) is 0 Å². The first-order chi connectivity index (χ1) is 9.74. The number of nitrogens with one attached hydrogen (secondary N) is 1. The smallest absolute Gasteiger partial charge is 0.176 e. The molecule has 1 aromatic carbocycles. The predicted molar refractivity (Wildman–Crippen MR) is 85.5 cm³/mol. The minimum atomic E-state index is -0.263. The molecule has 0 saturated carbocycles. The van der Waals surface area contributed by atoms with Crippen LogP contribution in [0.2, 0.25) is 0 Å². The lowest BCUT2D eigenvalue weighted by molar-refractivity contribution is -0.128. The fraction of sp³-hybridized carbons (Fsp3) is 0.400. The van der Waals surface area contributed by atoms with Gasteiger partial charge in [0.1, 0.15) is 0 Å². The summed E-state index contributed by atoms with van der Waals surface area (Å²) in [5.41, 5.74) is 2.16. The van der Waals surface area contributed by atoms with Crippen molar-refractivity contribution < 1.29 is 9.47 Å². The largest absolute Gasteiger partial charge is 0.360 e. The van der Waals surface area contributed by atoms with Crippen LogP contribution in [0.5, 0.6) is 0 Å². The molecule has 2 rings (SSSR count). The second kappa shape index (κ2) is 7.57. The third-order valence-corrected chi connectivity index (χ3v) is 3.36. The average Bonchev–Trinajstić information content (AvgIpc) is 2.81. The Balaban J connectivity index is 2.05. The summed E-state index contributed by atoms with van der Waals surface area (Å²) in [6.45, 7) is 5.66. The fourth-order valence-corrected chi connectivity index (χ4v) is 2.35. The third kappa shape index (κ3) is 3.91. The number of aromatic nitrogens is 1. The van der Waals surface area contributed by atoms with Gasteiger partial charge in [-0.1, -0.05) is 22.0 Å². The van der Waals surface area contributed by atoms with Crippen LogP contribution in [0.3, 0.4) is 0 Å². The maximum Gasteiger partial charge on any atom is 0.176 e. The van der Waals surface area contributed by atoms with Gasteiger partial charge in [-0.3, -0.25) is 4.99 Å². The molecule has 0 fully saturated rings. The standard InChI is InChI=1S/C15H19BrN2O2/c1-3-19-15(20-4-2)10-17-8-11-9-18-14-7-12(16)5-6-13(11)14/h5-9,15,18H,3-4,10H2,1-2H3. The van der Waals surface area contributed by atoms with E-state index >= 15 is 0 Å². The van der Waals surface area contributed by atoms with Gasteiger partial charge in [0.25, 0.3) is 0 Å². The van der Waals surface area contributed by atoms with Crippen molar-refractivity contribution in [2.75, 3.05) is 19.8 Å². The summed E-state index contributed by atoms with van der Waals surface area (Å²) in [6.07, 6.45) is 3.55. The van der Waals surface area contributed by atoms with Gasteiger partial charge in [0.15, 0.2) is 6.29 Å². The highest BCUT2D eigenvalue weighted by Gasteiger charge is 2.06. The van der Waals surface area contributed by atoms with Crippen LogP contribution in [0, 0.1) is 0 Å². The Hall–Kier alpha value is -1.17. The van der Waals surface area contributed by atoms with Gasteiger partial charge in [-0.05, 0) is 26.0 Å². The highest BCUT2D eigenvalue weighted by Crippen LogP contribution is 2.21. The highest BCUT2D eigenvalue weighted by molar-refractivity contribution is 9.10. The summed E-state index contributed by atoms with van der Waals surface area (Å²) >= 11 is 3.46. The number of ether oxygens (including phenoxy) is 2. The molecule has 1 N–H and O–H groups in total. The number of halogens is 1. The summed E-state index contributed by atoms with van der Waals surface area (Å²) in [4.78, 5) is 7.65. The number of hydrogen-bond acceptors (Lipinski definition) is 3. The van der Waals surface area contributed by atoms with E-state index in [0.717, 1.165) is 20.9 Å². The average molecular weight is 339 g/mol. The topological polar surface area (TPSA) is 46.6 Å². The second-order valence-electron chi connectivity index (χ2n) is 4.27. The molecule has 0 radical (unpaired) electrons. The van der Waals surface area contributed by atoms with E-state index in [1.54, 1.807) is 0 Å². The van der Waals surface area contributed by atoms with Crippen molar-refractivity contribution >= 4 is 33.0 Å². The number of aliphatic imine (C=N–C) groups is 1. The lowest BCUT2D eigenvalue weighted by Crippen LogP contribution is -2.20. The molecule has 5 heteroatoms. The molecule has 20 heavy (non-hydrogen) atoms. The van der Waals surface area contributed by atoms with E-state index in [1.807, 2.05) is 32.3 Å². The van der Waals surface area contributed by atoms with Crippen LogP contribution in [0.1, 0.15) is 19.4 Å². The first kappa shape index (κ1) is 15.2. The van der Waals surface area contributed by atoms with Crippen LogP contribution in [0.4, 0.5) is 0 Å². The zero-order chi connectivity index (χ0) is 14.4. The van der Waals surface area contributed by atoms with Gasteiger partial charge in [0, 0.05) is 46.6 Å². The quantitative estimate of drug-likeness (QED) is 0.617. The number of hydrogen-bond donors (Lipinski definition) is 1. The van der Waals surface area contributed by atoms with Crippen molar-refractivity contribution in [2.45, 2.75) is 20.1 Å². The van der Waals surface area contributed by atoms with Gasteiger partial charge in [-0.25, -0.2) is 0 Å². The van der Waals surface area contributed by atoms with Crippen molar-refractivity contribution in [2.24, 2.45) is 4.99 Å². The molecular weight excluding hydrogens is 320 g/mol. The van der Waals surface area contributed by atoms with Crippen LogP contribution in [0.25, 0.3) is 10.9 Å². The van der Waals surface area contributed by atoms with E-state index in [1.165, 1.54) is 0 Å². The van der Waals surface area contributed by atoms with Crippen molar-refractivity contribution in [3.8, 4) is 0 Å². The van der Waals surface area contributed by atoms with E-state index in [0.29, 0.717) is 19.8 Å². The summed E-state index contributed by atoms with van der Waals surface area (Å²) in [5.74, 6) is 0. The summed E-state index contributed by atoms with van der Waals surface area (Å²) in [5, 5.41) is 1.15. The Kier molecular flexibility index (Phi) is 5.76. The molecular formula is C15H19BrN2O2. The number of aromatic amines is 1. The molecule has 0 saturated heterocycles. The minimum Gasteiger partial charge on any atom is -0.360 e. The third-order valence-electron chi connectivity index (χ3n) is 2.87. The molecule has 0 atom stereocenters. The van der Waals surface area contributed by atoms with Crippen LogP contribution in [0.15, 0.2) is 33.9 Å². The summed E-state index contributed by atoms with van der Waals surface area (Å²) in [7, 11) is 0. The Bertz CT molecular complexity index is 574. The molecule has 0 aliphatic carbocycles. The van der Waals surface area contributed by atoms with Gasteiger partial charge < -0.3 is 14.5 Å². The zero-order valence-electron chi connectivity index (χ0n) is 11.7. The second-order valence-corrected chi connectivity index (χ2v) is 5.18. The molecule has 0 aliphatic rings. The first-order valence-electron chi connectivity index (χ1n) is 6.74. The Labute approximate surface area is 127 Å². The number of nitrogens with zero attached hydrogens (tertiary/aromatic N) is 1. The molecule has 0 unspecified atom stereocenters. The van der Waals surface area contributed by atoms with Gasteiger partial charge in [-0.15, -0.1) is 0 Å². The van der Waals surface area contributed by atoms with Crippen LogP contribution in [-0.4, -0.2) is 37.2 Å². The molecule has 4 nitrogen and oxygen atoms in total. The van der Waals surface area contributed by atoms with E-state index in [9.17, 15) is 0 Å². The molecule has 0 amide bonds. The summed E-state index contributed by atoms with van der Waals surface area (Å²) < 4.78 is 12.0. The lowest BCUT2D eigenvalue weighted by Gasteiger charge is -2.13. The summed E-state index contributed by atoms with van der Waals surface area (Å²) in [6, 6.07) is 6.15. The maximum atomic E-state index is 5.46. The SMILES string of the molecule is CCOC(CN=Cc1c[nH]c2cc(Br)ccc12)OCC. The van der Waals surface area contributed by atoms with E-state index in [2.05, 4.69) is 38.0 Å². The Morgan fingerprint density at radius 1 is 1.30 bits per heavy atom. The molecule has 108 valence electrons. The lowest BCUT2D eigenvalue weighted by atomic mass is 10.2. The zero-order valence-corrected chi connectivity index (χ0v) is 13.3. The molecule has 0 spiro atoms. The fourth-order valence-electron chi connectivity index (χ4n) is 1.99. The first-order valence-corrected chi connectivity index (χ1v) is 7.53. The Morgan fingerprint density at radius 3 is 2.75 bits per heavy atom. The monoisotopic (exact) mass is 338 g/mol. The maximum absolute atomic E-state index is 5.46. The van der Waals surface area contributed by atoms with Crippen molar-refractivity contribution in [1.29, 1.82) is 0 Å². The normalized spacial score (nSPS) is 12.0. The number of rotatable bonds is 7. The van der Waals surface area contributed by atoms with Gasteiger partial charge in [0.2, 0.25) is 0 Å². The highest BCUT2D eigenvalue weighted by atomic mass is 79.9. The van der Waals surface area contributed by atoms with Gasteiger partial charge in [0.05, 0.1) is 6.54 Å². The Morgan fingerprint density at radius 2 is 2.05 bits per heavy atom. The molecule has 2 aromatic rings. The predicted octanol–water partition coefficient (Wildman–Crippen LogP) is 3.75.